The first kappa shape index (κ1) is 19.2. The van der Waals surface area contributed by atoms with Gasteiger partial charge in [-0.05, 0) is 38.0 Å². The van der Waals surface area contributed by atoms with Crippen molar-refractivity contribution in [2.24, 2.45) is 0 Å². The molecule has 2 atom stereocenters. The molecule has 0 bridgehead atoms. The number of aromatic nitrogens is 1. The molecule has 0 aliphatic carbocycles. The Morgan fingerprint density at radius 1 is 1.12 bits per heavy atom. The fourth-order valence-corrected chi connectivity index (χ4v) is 5.58. The lowest BCUT2D eigenvalue weighted by molar-refractivity contribution is 0.158. The number of hydrogen-bond acceptors (Lipinski definition) is 5. The van der Waals surface area contributed by atoms with Crippen LogP contribution in [0.25, 0.3) is 20.8 Å². The van der Waals surface area contributed by atoms with Crippen molar-refractivity contribution in [2.75, 3.05) is 6.61 Å². The molecule has 138 valence electrons. The number of fused-ring (bicyclic) bond motifs is 1. The Bertz CT molecular complexity index is 874. The maximum Gasteiger partial charge on any atom is 0.335 e. The van der Waals surface area contributed by atoms with E-state index >= 15 is 0 Å². The molecule has 0 radical (unpaired) electrons. The van der Waals surface area contributed by atoms with Crippen molar-refractivity contribution in [2.45, 2.75) is 39.5 Å². The van der Waals surface area contributed by atoms with Crippen molar-refractivity contribution in [1.82, 2.24) is 4.98 Å². The van der Waals surface area contributed by atoms with Crippen LogP contribution in [0.3, 0.4) is 0 Å². The minimum Gasteiger partial charge on any atom is -0.309 e. The van der Waals surface area contributed by atoms with Crippen molar-refractivity contribution in [3.63, 3.8) is 0 Å². The third-order valence-corrected chi connectivity index (χ3v) is 7.28. The molecule has 3 rings (SSSR count). The Morgan fingerprint density at radius 3 is 2.50 bits per heavy atom. The summed E-state index contributed by atoms with van der Waals surface area (Å²) in [6.45, 7) is 6.13. The number of thiazole rings is 1. The molecule has 1 heterocycles. The lowest BCUT2D eigenvalue weighted by atomic mass is 10.2. The summed E-state index contributed by atoms with van der Waals surface area (Å²) in [5.41, 5.74) is 3.01. The Labute approximate surface area is 158 Å². The molecule has 0 aliphatic rings. The van der Waals surface area contributed by atoms with Crippen molar-refractivity contribution in [3.05, 3.63) is 54.1 Å². The first-order chi connectivity index (χ1) is 12.5. The van der Waals surface area contributed by atoms with Crippen LogP contribution in [0.5, 0.6) is 0 Å². The molecule has 0 saturated heterocycles. The fraction of sp³-hybridized carbons (Fsp3) is 0.350. The molecular formula is C20H24NO3PS. The van der Waals surface area contributed by atoms with Crippen LogP contribution in [0.2, 0.25) is 0 Å². The molecule has 2 aromatic carbocycles. The molecule has 0 N–H and O–H groups in total. The summed E-state index contributed by atoms with van der Waals surface area (Å²) in [4.78, 5) is 4.68. The second kappa shape index (κ2) is 8.45. The highest BCUT2D eigenvalue weighted by Gasteiger charge is 2.27. The lowest BCUT2D eigenvalue weighted by Gasteiger charge is -2.21. The molecule has 3 aromatic rings. The number of benzene rings is 2. The van der Waals surface area contributed by atoms with Crippen molar-refractivity contribution in [3.8, 4) is 10.6 Å². The minimum absolute atomic E-state index is 0.0885. The van der Waals surface area contributed by atoms with Crippen LogP contribution in [-0.2, 0) is 19.8 Å². The predicted octanol–water partition coefficient (Wildman–Crippen LogP) is 6.51. The molecule has 0 spiro atoms. The van der Waals surface area contributed by atoms with E-state index in [1.807, 2.05) is 63.2 Å². The third-order valence-electron chi connectivity index (χ3n) is 4.11. The maximum atomic E-state index is 13.0. The zero-order valence-electron chi connectivity index (χ0n) is 15.3. The van der Waals surface area contributed by atoms with Gasteiger partial charge >= 0.3 is 7.60 Å². The van der Waals surface area contributed by atoms with Gasteiger partial charge in [-0.25, -0.2) is 4.98 Å². The summed E-state index contributed by atoms with van der Waals surface area (Å²) >= 11 is 1.67. The van der Waals surface area contributed by atoms with E-state index < -0.39 is 7.60 Å². The molecular weight excluding hydrogens is 365 g/mol. The maximum absolute atomic E-state index is 13.0. The SMILES string of the molecule is CCOP(=O)(Cc1ccc(-c2nc3ccccc3s2)cc1)OC(C)CC. The molecule has 0 aliphatic heterocycles. The van der Waals surface area contributed by atoms with Gasteiger partial charge < -0.3 is 9.05 Å². The minimum atomic E-state index is -3.14. The first-order valence-electron chi connectivity index (χ1n) is 8.90. The predicted molar refractivity (Wildman–Crippen MR) is 109 cm³/mol. The van der Waals surface area contributed by atoms with Crippen LogP contribution in [-0.4, -0.2) is 17.7 Å². The van der Waals surface area contributed by atoms with E-state index in [-0.39, 0.29) is 12.3 Å². The standard InChI is InChI=1S/C20H24NO3PS/c1-4-15(3)24-25(22,23-5-2)14-16-10-12-17(13-11-16)20-21-18-8-6-7-9-19(18)26-20/h6-13,15H,4-5,14H2,1-3H3. The summed E-state index contributed by atoms with van der Waals surface area (Å²) in [7, 11) is -3.14. The molecule has 2 unspecified atom stereocenters. The van der Waals surface area contributed by atoms with Gasteiger partial charge in [0.05, 0.1) is 29.1 Å². The molecule has 1 aromatic heterocycles. The zero-order valence-corrected chi connectivity index (χ0v) is 17.1. The monoisotopic (exact) mass is 389 g/mol. The fourth-order valence-electron chi connectivity index (χ4n) is 2.63. The van der Waals surface area contributed by atoms with Gasteiger partial charge in [0.25, 0.3) is 0 Å². The quantitative estimate of drug-likeness (QED) is 0.412. The smallest absolute Gasteiger partial charge is 0.309 e. The lowest BCUT2D eigenvalue weighted by Crippen LogP contribution is -2.08. The van der Waals surface area contributed by atoms with Gasteiger partial charge in [-0.2, -0.15) is 0 Å². The Kier molecular flexibility index (Phi) is 6.25. The summed E-state index contributed by atoms with van der Waals surface area (Å²) in [5, 5.41) is 0.988. The number of rotatable bonds is 8. The van der Waals surface area contributed by atoms with Crippen LogP contribution in [0, 0.1) is 0 Å². The van der Waals surface area contributed by atoms with Gasteiger partial charge in [0, 0.05) is 5.56 Å². The van der Waals surface area contributed by atoms with E-state index in [4.69, 9.17) is 9.05 Å². The van der Waals surface area contributed by atoms with Gasteiger partial charge in [-0.1, -0.05) is 43.3 Å². The topological polar surface area (TPSA) is 48.4 Å². The molecule has 6 heteroatoms. The van der Waals surface area contributed by atoms with Crippen LogP contribution >= 0.6 is 18.9 Å². The molecule has 0 fully saturated rings. The highest BCUT2D eigenvalue weighted by atomic mass is 32.1. The highest BCUT2D eigenvalue weighted by Crippen LogP contribution is 2.52. The number of hydrogen-bond donors (Lipinski definition) is 0. The van der Waals surface area contributed by atoms with E-state index in [1.54, 1.807) is 11.3 Å². The Morgan fingerprint density at radius 2 is 1.85 bits per heavy atom. The average molecular weight is 389 g/mol. The van der Waals surface area contributed by atoms with Gasteiger partial charge in [0.1, 0.15) is 5.01 Å². The van der Waals surface area contributed by atoms with E-state index in [2.05, 4.69) is 11.1 Å². The second-order valence-electron chi connectivity index (χ2n) is 6.19. The summed E-state index contributed by atoms with van der Waals surface area (Å²) < 4.78 is 25.3. The summed E-state index contributed by atoms with van der Waals surface area (Å²) in [5.74, 6) is 0. The zero-order chi connectivity index (χ0) is 18.6. The van der Waals surface area contributed by atoms with Crippen molar-refractivity contribution < 1.29 is 13.6 Å². The molecule has 4 nitrogen and oxygen atoms in total. The largest absolute Gasteiger partial charge is 0.335 e. The van der Waals surface area contributed by atoms with Crippen molar-refractivity contribution in [1.29, 1.82) is 0 Å². The second-order valence-corrected chi connectivity index (χ2v) is 9.23. The van der Waals surface area contributed by atoms with Gasteiger partial charge in [0.2, 0.25) is 0 Å². The van der Waals surface area contributed by atoms with E-state index in [1.165, 1.54) is 4.70 Å². The normalized spacial score (nSPS) is 15.0. The van der Waals surface area contributed by atoms with E-state index in [0.29, 0.717) is 6.61 Å². The Hall–Kier alpha value is -1.52. The molecule has 0 amide bonds. The van der Waals surface area contributed by atoms with Gasteiger partial charge in [-0.3, -0.25) is 4.57 Å². The number of nitrogens with zero attached hydrogens (tertiary/aromatic N) is 1. The van der Waals surface area contributed by atoms with Crippen LogP contribution in [0.4, 0.5) is 0 Å². The van der Waals surface area contributed by atoms with E-state index in [0.717, 1.165) is 28.1 Å². The average Bonchev–Trinajstić information content (AvgIpc) is 3.06. The number of para-hydroxylation sites is 1. The van der Waals surface area contributed by atoms with Crippen LogP contribution in [0.15, 0.2) is 48.5 Å². The summed E-state index contributed by atoms with van der Waals surface area (Å²) in [6.07, 6.45) is 0.994. The van der Waals surface area contributed by atoms with Crippen molar-refractivity contribution >= 4 is 29.1 Å². The summed E-state index contributed by atoms with van der Waals surface area (Å²) in [6, 6.07) is 16.1. The highest BCUT2D eigenvalue weighted by molar-refractivity contribution is 7.53. The first-order valence-corrected chi connectivity index (χ1v) is 11.4. The molecule has 0 saturated carbocycles. The van der Waals surface area contributed by atoms with E-state index in [9.17, 15) is 4.57 Å². The Balaban J connectivity index is 1.78. The van der Waals surface area contributed by atoms with Crippen LogP contribution in [0.1, 0.15) is 32.8 Å². The van der Waals surface area contributed by atoms with Gasteiger partial charge in [-0.15, -0.1) is 11.3 Å². The van der Waals surface area contributed by atoms with Crippen LogP contribution < -0.4 is 0 Å². The van der Waals surface area contributed by atoms with Gasteiger partial charge in [0.15, 0.2) is 0 Å². The molecule has 26 heavy (non-hydrogen) atoms. The third kappa shape index (κ3) is 4.60.